The van der Waals surface area contributed by atoms with Crippen molar-refractivity contribution in [2.75, 3.05) is 18.8 Å². The largest absolute Gasteiger partial charge is 0.417 e. The molecule has 1 aromatic rings. The van der Waals surface area contributed by atoms with Gasteiger partial charge in [-0.05, 0) is 43.8 Å². The van der Waals surface area contributed by atoms with Crippen LogP contribution in [0.5, 0.6) is 0 Å². The summed E-state index contributed by atoms with van der Waals surface area (Å²) in [6.07, 6.45) is -1.31. The molecule has 0 atom stereocenters. The Kier molecular flexibility index (Phi) is 6.49. The van der Waals surface area contributed by atoms with Gasteiger partial charge in [-0.3, -0.25) is 0 Å². The zero-order valence-electron chi connectivity index (χ0n) is 10.3. The molecule has 0 aliphatic carbocycles. The fourth-order valence-corrected chi connectivity index (χ4v) is 2.19. The van der Waals surface area contributed by atoms with E-state index in [0.29, 0.717) is 5.03 Å². The number of nitrogens with zero attached hydrogens (tertiary/aromatic N) is 1. The number of hydrogen-bond acceptors (Lipinski definition) is 3. The summed E-state index contributed by atoms with van der Waals surface area (Å²) in [6.45, 7) is 4.01. The van der Waals surface area contributed by atoms with Crippen LogP contribution < -0.4 is 5.32 Å². The normalized spacial score (nSPS) is 11.8. The molecule has 0 bridgehead atoms. The first-order chi connectivity index (χ1) is 8.54. The van der Waals surface area contributed by atoms with E-state index in [-0.39, 0.29) is 0 Å². The third kappa shape index (κ3) is 5.73. The topological polar surface area (TPSA) is 24.9 Å². The fraction of sp³-hybridized carbons (Fsp3) is 0.583. The second kappa shape index (κ2) is 7.63. The van der Waals surface area contributed by atoms with Gasteiger partial charge >= 0.3 is 6.18 Å². The zero-order chi connectivity index (χ0) is 13.4. The van der Waals surface area contributed by atoms with Gasteiger partial charge in [-0.1, -0.05) is 6.92 Å². The van der Waals surface area contributed by atoms with Gasteiger partial charge in [0.1, 0.15) is 0 Å². The highest BCUT2D eigenvalue weighted by Gasteiger charge is 2.30. The van der Waals surface area contributed by atoms with Gasteiger partial charge in [0.2, 0.25) is 0 Å². The summed E-state index contributed by atoms with van der Waals surface area (Å²) in [4.78, 5) is 3.81. The molecule has 0 amide bonds. The molecule has 1 rings (SSSR count). The zero-order valence-corrected chi connectivity index (χ0v) is 11.1. The molecule has 0 aliphatic heterocycles. The summed E-state index contributed by atoms with van der Waals surface area (Å²) in [5.74, 6) is 0.879. The predicted molar refractivity (Wildman–Crippen MR) is 67.7 cm³/mol. The molecule has 2 nitrogen and oxygen atoms in total. The van der Waals surface area contributed by atoms with Crippen molar-refractivity contribution in [3.05, 3.63) is 23.9 Å². The minimum absolute atomic E-state index is 0.645. The molecular formula is C12H17F3N2S. The third-order valence-electron chi connectivity index (χ3n) is 2.31. The molecule has 0 saturated heterocycles. The number of thioether (sulfide) groups is 1. The fourth-order valence-electron chi connectivity index (χ4n) is 1.34. The lowest BCUT2D eigenvalue weighted by molar-refractivity contribution is -0.137. The Labute approximate surface area is 109 Å². The first-order valence-electron chi connectivity index (χ1n) is 5.91. The molecule has 0 radical (unpaired) electrons. The smallest absolute Gasteiger partial charge is 0.317 e. The molecule has 18 heavy (non-hydrogen) atoms. The highest BCUT2D eigenvalue weighted by molar-refractivity contribution is 7.99. The molecule has 0 saturated carbocycles. The maximum absolute atomic E-state index is 12.3. The SMILES string of the molecule is CCNCCCCSc1ccc(C(F)(F)F)cn1. The molecule has 1 N–H and O–H groups in total. The van der Waals surface area contributed by atoms with Crippen molar-refractivity contribution >= 4 is 11.8 Å². The first kappa shape index (κ1) is 15.3. The lowest BCUT2D eigenvalue weighted by Crippen LogP contribution is -2.13. The van der Waals surface area contributed by atoms with E-state index in [1.165, 1.54) is 17.8 Å². The summed E-state index contributed by atoms with van der Waals surface area (Å²) < 4.78 is 36.9. The second-order valence-electron chi connectivity index (χ2n) is 3.79. The Hall–Kier alpha value is -0.750. The molecule has 1 heterocycles. The number of hydrogen-bond donors (Lipinski definition) is 1. The van der Waals surface area contributed by atoms with Gasteiger partial charge in [0.15, 0.2) is 0 Å². The second-order valence-corrected chi connectivity index (χ2v) is 4.91. The molecule has 0 fully saturated rings. The van der Waals surface area contributed by atoms with Crippen LogP contribution in [0.1, 0.15) is 25.3 Å². The van der Waals surface area contributed by atoms with Crippen LogP contribution in [0.15, 0.2) is 23.4 Å². The highest BCUT2D eigenvalue weighted by Crippen LogP contribution is 2.29. The number of alkyl halides is 3. The number of halogens is 3. The minimum atomic E-state index is -4.30. The maximum Gasteiger partial charge on any atom is 0.417 e. The predicted octanol–water partition coefficient (Wildman–Crippen LogP) is 3.58. The van der Waals surface area contributed by atoms with E-state index in [2.05, 4.69) is 17.2 Å². The van der Waals surface area contributed by atoms with Gasteiger partial charge in [0.25, 0.3) is 0 Å². The molecule has 0 aliphatic rings. The average Bonchev–Trinajstić information content (AvgIpc) is 2.33. The number of nitrogens with one attached hydrogen (secondary N) is 1. The van der Waals surface area contributed by atoms with Gasteiger partial charge in [0, 0.05) is 6.20 Å². The van der Waals surface area contributed by atoms with Crippen LogP contribution in [-0.4, -0.2) is 23.8 Å². The van der Waals surface area contributed by atoms with Crippen molar-refractivity contribution in [2.24, 2.45) is 0 Å². The van der Waals surface area contributed by atoms with Crippen molar-refractivity contribution in [2.45, 2.75) is 31.0 Å². The van der Waals surface area contributed by atoms with Crippen LogP contribution in [0, 0.1) is 0 Å². The van der Waals surface area contributed by atoms with E-state index in [4.69, 9.17) is 0 Å². The lowest BCUT2D eigenvalue weighted by Gasteiger charge is -2.06. The molecule has 102 valence electrons. The molecule has 1 aromatic heterocycles. The van der Waals surface area contributed by atoms with Crippen molar-refractivity contribution in [3.8, 4) is 0 Å². The summed E-state index contributed by atoms with van der Waals surface area (Å²) in [7, 11) is 0. The Balaban J connectivity index is 2.27. The maximum atomic E-state index is 12.3. The lowest BCUT2D eigenvalue weighted by atomic mass is 10.3. The van der Waals surface area contributed by atoms with Gasteiger partial charge in [0.05, 0.1) is 10.6 Å². The standard InChI is InChI=1S/C12H17F3N2S/c1-2-16-7-3-4-8-18-11-6-5-10(9-17-11)12(13,14)15/h5-6,9,16H,2-4,7-8H2,1H3. The van der Waals surface area contributed by atoms with E-state index in [1.54, 1.807) is 0 Å². The Bertz CT molecular complexity index is 338. The van der Waals surface area contributed by atoms with Crippen LogP contribution in [0.2, 0.25) is 0 Å². The van der Waals surface area contributed by atoms with Crippen molar-refractivity contribution in [1.29, 1.82) is 0 Å². The Morgan fingerprint density at radius 2 is 2.06 bits per heavy atom. The first-order valence-corrected chi connectivity index (χ1v) is 6.89. The van der Waals surface area contributed by atoms with E-state index in [9.17, 15) is 13.2 Å². The van der Waals surface area contributed by atoms with Gasteiger partial charge in [-0.15, -0.1) is 11.8 Å². The van der Waals surface area contributed by atoms with Crippen LogP contribution in [-0.2, 0) is 6.18 Å². The van der Waals surface area contributed by atoms with Gasteiger partial charge in [-0.25, -0.2) is 4.98 Å². The summed E-state index contributed by atoms with van der Waals surface area (Å²) in [5, 5.41) is 3.87. The summed E-state index contributed by atoms with van der Waals surface area (Å²) in [6, 6.07) is 2.51. The minimum Gasteiger partial charge on any atom is -0.317 e. The molecule has 0 spiro atoms. The van der Waals surface area contributed by atoms with E-state index >= 15 is 0 Å². The number of rotatable bonds is 7. The number of aromatic nitrogens is 1. The van der Waals surface area contributed by atoms with Crippen LogP contribution in [0.3, 0.4) is 0 Å². The Morgan fingerprint density at radius 1 is 1.28 bits per heavy atom. The number of unbranched alkanes of at least 4 members (excludes halogenated alkanes) is 1. The summed E-state index contributed by atoms with van der Waals surface area (Å²) >= 11 is 1.49. The van der Waals surface area contributed by atoms with E-state index < -0.39 is 11.7 Å². The molecule has 6 heteroatoms. The third-order valence-corrected chi connectivity index (χ3v) is 3.34. The Morgan fingerprint density at radius 3 is 2.61 bits per heavy atom. The molecule has 0 aromatic carbocycles. The van der Waals surface area contributed by atoms with Crippen LogP contribution >= 0.6 is 11.8 Å². The van der Waals surface area contributed by atoms with Crippen molar-refractivity contribution in [3.63, 3.8) is 0 Å². The van der Waals surface area contributed by atoms with Gasteiger partial charge in [-0.2, -0.15) is 13.2 Å². The highest BCUT2D eigenvalue weighted by atomic mass is 32.2. The quantitative estimate of drug-likeness (QED) is 0.609. The number of pyridine rings is 1. The molecular weight excluding hydrogens is 261 g/mol. The van der Waals surface area contributed by atoms with Crippen LogP contribution in [0.4, 0.5) is 13.2 Å². The monoisotopic (exact) mass is 278 g/mol. The van der Waals surface area contributed by atoms with Crippen LogP contribution in [0.25, 0.3) is 0 Å². The average molecular weight is 278 g/mol. The van der Waals surface area contributed by atoms with E-state index in [1.807, 2.05) is 0 Å². The molecule has 0 unspecified atom stereocenters. The summed E-state index contributed by atoms with van der Waals surface area (Å²) in [5.41, 5.74) is -0.695. The van der Waals surface area contributed by atoms with Gasteiger partial charge < -0.3 is 5.32 Å². The van der Waals surface area contributed by atoms with E-state index in [0.717, 1.165) is 43.9 Å². The van der Waals surface area contributed by atoms with Crippen molar-refractivity contribution in [1.82, 2.24) is 10.3 Å². The van der Waals surface area contributed by atoms with Crippen molar-refractivity contribution < 1.29 is 13.2 Å².